The zero-order valence-corrected chi connectivity index (χ0v) is 12.4. The first-order valence-corrected chi connectivity index (χ1v) is 8.26. The number of nitrogens with one attached hydrogen (secondary N) is 1. The van der Waals surface area contributed by atoms with Crippen LogP contribution in [0.4, 0.5) is 0 Å². The molecule has 0 bridgehead atoms. The lowest BCUT2D eigenvalue weighted by Crippen LogP contribution is -2.44. The summed E-state index contributed by atoms with van der Waals surface area (Å²) in [6, 6.07) is 8.92. The highest BCUT2D eigenvalue weighted by Crippen LogP contribution is 2.20. The first-order chi connectivity index (χ1) is 9.01. The monoisotopic (exact) mass is 282 g/mol. The van der Waals surface area contributed by atoms with Gasteiger partial charge in [-0.25, -0.2) is 8.42 Å². The third-order valence-electron chi connectivity index (χ3n) is 3.49. The Morgan fingerprint density at radius 2 is 2.00 bits per heavy atom. The molecule has 1 atom stereocenters. The van der Waals surface area contributed by atoms with Crippen molar-refractivity contribution in [2.24, 2.45) is 0 Å². The van der Waals surface area contributed by atoms with E-state index in [9.17, 15) is 8.42 Å². The third kappa shape index (κ3) is 3.35. The van der Waals surface area contributed by atoms with Gasteiger partial charge in [0.15, 0.2) is 0 Å². The van der Waals surface area contributed by atoms with Crippen LogP contribution in [0.2, 0.25) is 0 Å². The number of rotatable bonds is 5. The highest BCUT2D eigenvalue weighted by atomic mass is 32.2. The molecule has 1 saturated heterocycles. The third-order valence-corrected chi connectivity index (χ3v) is 5.54. The van der Waals surface area contributed by atoms with Crippen molar-refractivity contribution in [3.8, 4) is 0 Å². The van der Waals surface area contributed by atoms with E-state index in [1.165, 1.54) is 0 Å². The van der Waals surface area contributed by atoms with E-state index >= 15 is 0 Å². The topological polar surface area (TPSA) is 49.4 Å². The maximum absolute atomic E-state index is 12.7. The van der Waals surface area contributed by atoms with Crippen LogP contribution in [0, 0.1) is 0 Å². The Morgan fingerprint density at radius 3 is 2.53 bits per heavy atom. The fraction of sp³-hybridized carbons (Fsp3) is 0.571. The molecule has 1 aromatic carbocycles. The van der Waals surface area contributed by atoms with Crippen molar-refractivity contribution in [3.63, 3.8) is 0 Å². The minimum atomic E-state index is -3.39. The van der Waals surface area contributed by atoms with E-state index in [4.69, 9.17) is 0 Å². The molecule has 2 rings (SSSR count). The predicted octanol–water partition coefficient (Wildman–Crippen LogP) is 1.84. The first kappa shape index (κ1) is 14.5. The van der Waals surface area contributed by atoms with Gasteiger partial charge in [-0.05, 0) is 45.4 Å². The Morgan fingerprint density at radius 1 is 1.32 bits per heavy atom. The van der Waals surface area contributed by atoms with E-state index in [1.807, 2.05) is 19.9 Å². The summed E-state index contributed by atoms with van der Waals surface area (Å²) < 4.78 is 26.9. The minimum absolute atomic E-state index is 0.0346. The first-order valence-electron chi connectivity index (χ1n) is 6.82. The van der Waals surface area contributed by atoms with Gasteiger partial charge >= 0.3 is 0 Å². The molecule has 4 nitrogen and oxygen atoms in total. The highest BCUT2D eigenvalue weighted by molar-refractivity contribution is 7.89. The molecule has 0 amide bonds. The summed E-state index contributed by atoms with van der Waals surface area (Å²) in [4.78, 5) is 0.377. The Hall–Kier alpha value is -0.910. The lowest BCUT2D eigenvalue weighted by Gasteiger charge is -2.28. The SMILES string of the molecule is CC(C)N(CC1CCCN1)S(=O)(=O)c1ccccc1. The van der Waals surface area contributed by atoms with Gasteiger partial charge in [-0.15, -0.1) is 0 Å². The van der Waals surface area contributed by atoms with Crippen LogP contribution in [0.25, 0.3) is 0 Å². The van der Waals surface area contributed by atoms with Crippen LogP contribution in [0.15, 0.2) is 35.2 Å². The van der Waals surface area contributed by atoms with Crippen molar-refractivity contribution < 1.29 is 8.42 Å². The number of hydrogen-bond donors (Lipinski definition) is 1. The van der Waals surface area contributed by atoms with Crippen LogP contribution >= 0.6 is 0 Å². The largest absolute Gasteiger partial charge is 0.313 e. The molecule has 1 unspecified atom stereocenters. The smallest absolute Gasteiger partial charge is 0.243 e. The summed E-state index contributed by atoms with van der Waals surface area (Å²) in [5, 5.41) is 3.36. The number of hydrogen-bond acceptors (Lipinski definition) is 3. The molecule has 1 N–H and O–H groups in total. The zero-order valence-electron chi connectivity index (χ0n) is 11.5. The van der Waals surface area contributed by atoms with Gasteiger partial charge in [-0.2, -0.15) is 4.31 Å². The maximum atomic E-state index is 12.7. The lowest BCUT2D eigenvalue weighted by molar-refractivity contribution is 0.322. The molecule has 1 heterocycles. The van der Waals surface area contributed by atoms with Crippen molar-refractivity contribution >= 4 is 10.0 Å². The van der Waals surface area contributed by atoms with E-state index in [1.54, 1.807) is 28.6 Å². The van der Waals surface area contributed by atoms with Gasteiger partial charge in [-0.3, -0.25) is 0 Å². The van der Waals surface area contributed by atoms with Crippen LogP contribution in [0.1, 0.15) is 26.7 Å². The zero-order chi connectivity index (χ0) is 13.9. The van der Waals surface area contributed by atoms with Gasteiger partial charge in [0.05, 0.1) is 4.90 Å². The van der Waals surface area contributed by atoms with Crippen LogP contribution < -0.4 is 5.32 Å². The summed E-state index contributed by atoms with van der Waals surface area (Å²) >= 11 is 0. The van der Waals surface area contributed by atoms with Crippen LogP contribution in [0.3, 0.4) is 0 Å². The van der Waals surface area contributed by atoms with Gasteiger partial charge < -0.3 is 5.32 Å². The van der Waals surface area contributed by atoms with Crippen molar-refractivity contribution in [3.05, 3.63) is 30.3 Å². The van der Waals surface area contributed by atoms with E-state index in [-0.39, 0.29) is 12.1 Å². The molecule has 1 fully saturated rings. The quantitative estimate of drug-likeness (QED) is 0.896. The minimum Gasteiger partial charge on any atom is -0.313 e. The molecule has 0 spiro atoms. The molecule has 0 radical (unpaired) electrons. The predicted molar refractivity (Wildman–Crippen MR) is 76.5 cm³/mol. The summed E-state index contributed by atoms with van der Waals surface area (Å²) in [5.74, 6) is 0. The van der Waals surface area contributed by atoms with E-state index < -0.39 is 10.0 Å². The van der Waals surface area contributed by atoms with Gasteiger partial charge in [-0.1, -0.05) is 18.2 Å². The Labute approximate surface area is 115 Å². The summed E-state index contributed by atoms with van der Waals surface area (Å²) in [6.45, 7) is 5.39. The molecule has 1 aliphatic rings. The standard InChI is InChI=1S/C14H22N2O2S/c1-12(2)16(11-13-7-6-10-15-13)19(17,18)14-8-4-3-5-9-14/h3-5,8-9,12-13,15H,6-7,10-11H2,1-2H3. The molecule has 1 aliphatic heterocycles. The van der Waals surface area contributed by atoms with E-state index in [2.05, 4.69) is 5.32 Å². The summed E-state index contributed by atoms with van der Waals surface area (Å²) in [5.41, 5.74) is 0. The average molecular weight is 282 g/mol. The molecular weight excluding hydrogens is 260 g/mol. The Balaban J connectivity index is 2.22. The van der Waals surface area contributed by atoms with Crippen molar-refractivity contribution in [2.75, 3.05) is 13.1 Å². The second kappa shape index (κ2) is 6.03. The second-order valence-electron chi connectivity index (χ2n) is 5.27. The van der Waals surface area contributed by atoms with Gasteiger partial charge in [0, 0.05) is 18.6 Å². The molecule has 0 aromatic heterocycles. The normalized spacial score (nSPS) is 20.3. The second-order valence-corrected chi connectivity index (χ2v) is 7.17. The Bertz CT molecular complexity index is 493. The van der Waals surface area contributed by atoms with E-state index in [0.717, 1.165) is 19.4 Å². The Kier molecular flexibility index (Phi) is 4.60. The van der Waals surface area contributed by atoms with Gasteiger partial charge in [0.25, 0.3) is 0 Å². The molecule has 5 heteroatoms. The summed E-state index contributed by atoms with van der Waals surface area (Å²) in [6.07, 6.45) is 2.18. The van der Waals surface area contributed by atoms with Crippen LogP contribution in [-0.2, 0) is 10.0 Å². The summed E-state index contributed by atoms with van der Waals surface area (Å²) in [7, 11) is -3.39. The molecule has 1 aromatic rings. The number of benzene rings is 1. The van der Waals surface area contributed by atoms with E-state index in [0.29, 0.717) is 11.4 Å². The number of nitrogens with zero attached hydrogens (tertiary/aromatic N) is 1. The number of sulfonamides is 1. The van der Waals surface area contributed by atoms with Crippen molar-refractivity contribution in [1.82, 2.24) is 9.62 Å². The molecular formula is C14H22N2O2S. The fourth-order valence-corrected chi connectivity index (χ4v) is 4.15. The van der Waals surface area contributed by atoms with Crippen LogP contribution in [-0.4, -0.2) is 37.9 Å². The lowest BCUT2D eigenvalue weighted by atomic mass is 10.2. The van der Waals surface area contributed by atoms with Crippen molar-refractivity contribution in [1.29, 1.82) is 0 Å². The molecule has 106 valence electrons. The maximum Gasteiger partial charge on any atom is 0.243 e. The molecule has 19 heavy (non-hydrogen) atoms. The molecule has 0 saturated carbocycles. The highest BCUT2D eigenvalue weighted by Gasteiger charge is 2.30. The van der Waals surface area contributed by atoms with Gasteiger partial charge in [0.2, 0.25) is 10.0 Å². The average Bonchev–Trinajstić information content (AvgIpc) is 2.89. The fourth-order valence-electron chi connectivity index (χ4n) is 2.44. The molecule has 0 aliphatic carbocycles. The van der Waals surface area contributed by atoms with Crippen molar-refractivity contribution in [2.45, 2.75) is 43.7 Å². The van der Waals surface area contributed by atoms with Crippen LogP contribution in [0.5, 0.6) is 0 Å². The van der Waals surface area contributed by atoms with Gasteiger partial charge in [0.1, 0.15) is 0 Å².